The normalized spacial score (nSPS) is 12.2. The Balaban J connectivity index is 3.60. The second kappa shape index (κ2) is 11.9. The fraction of sp³-hybridized carbons (Fsp3) is 0.647. The van der Waals surface area contributed by atoms with E-state index in [-0.39, 0.29) is 0 Å². The van der Waals surface area contributed by atoms with Crippen molar-refractivity contribution in [2.75, 3.05) is 54.0 Å². The van der Waals surface area contributed by atoms with E-state index in [1.54, 1.807) is 0 Å². The Morgan fingerprint density at radius 2 is 1.85 bits per heavy atom. The van der Waals surface area contributed by atoms with Crippen molar-refractivity contribution in [3.63, 3.8) is 0 Å². The zero-order chi connectivity index (χ0) is 15.4. The van der Waals surface area contributed by atoms with Crippen LogP contribution in [0.15, 0.2) is 36.5 Å². The lowest BCUT2D eigenvalue weighted by atomic mass is 10.1. The highest BCUT2D eigenvalue weighted by Gasteiger charge is 1.99. The average Bonchev–Trinajstić information content (AvgIpc) is 2.41. The predicted molar refractivity (Wildman–Crippen MR) is 89.2 cm³/mol. The summed E-state index contributed by atoms with van der Waals surface area (Å²) >= 11 is 0. The van der Waals surface area contributed by atoms with Crippen molar-refractivity contribution in [2.45, 2.75) is 19.8 Å². The van der Waals surface area contributed by atoms with Gasteiger partial charge in [-0.25, -0.2) is 0 Å². The molecular weight excluding hydrogens is 248 g/mol. The van der Waals surface area contributed by atoms with Crippen molar-refractivity contribution < 1.29 is 4.74 Å². The van der Waals surface area contributed by atoms with E-state index in [9.17, 15) is 0 Å². The van der Waals surface area contributed by atoms with Gasteiger partial charge in [-0.15, -0.1) is 0 Å². The first-order chi connectivity index (χ1) is 9.45. The van der Waals surface area contributed by atoms with Gasteiger partial charge < -0.3 is 14.5 Å². The van der Waals surface area contributed by atoms with Gasteiger partial charge in [0.15, 0.2) is 0 Å². The van der Waals surface area contributed by atoms with E-state index in [2.05, 4.69) is 57.1 Å². The summed E-state index contributed by atoms with van der Waals surface area (Å²) in [6.07, 6.45) is 6.05. The lowest BCUT2D eigenvalue weighted by Crippen LogP contribution is -2.31. The van der Waals surface area contributed by atoms with Gasteiger partial charge in [0.1, 0.15) is 0 Å². The zero-order valence-corrected chi connectivity index (χ0v) is 13.8. The minimum Gasteiger partial charge on any atom is -0.376 e. The average molecular weight is 280 g/mol. The quantitative estimate of drug-likeness (QED) is 0.310. The molecule has 116 valence electrons. The fourth-order valence-electron chi connectivity index (χ4n) is 1.60. The lowest BCUT2D eigenvalue weighted by Gasteiger charge is -2.19. The largest absolute Gasteiger partial charge is 0.376 e. The molecule has 0 aromatic carbocycles. The maximum Gasteiger partial charge on any atom is 0.0674 e. The minimum absolute atomic E-state index is 0.724. The number of ether oxygens (including phenoxy) is 1. The maximum atomic E-state index is 5.69. The molecule has 0 aliphatic heterocycles. The summed E-state index contributed by atoms with van der Waals surface area (Å²) in [5.41, 5.74) is 2.38. The van der Waals surface area contributed by atoms with Crippen LogP contribution in [0.3, 0.4) is 0 Å². The summed E-state index contributed by atoms with van der Waals surface area (Å²) in [6.45, 7) is 14.4. The Kier molecular flexibility index (Phi) is 11.4. The number of rotatable bonds is 12. The SMILES string of the molecule is C=CC(=C)CC/C=C(\C)COCCN(C)CCN(C)C. The molecule has 0 radical (unpaired) electrons. The van der Waals surface area contributed by atoms with Gasteiger partial charge in [0.2, 0.25) is 0 Å². The molecule has 0 aromatic heterocycles. The fourth-order valence-corrected chi connectivity index (χ4v) is 1.60. The van der Waals surface area contributed by atoms with Crippen molar-refractivity contribution in [3.05, 3.63) is 36.5 Å². The maximum absolute atomic E-state index is 5.69. The van der Waals surface area contributed by atoms with Gasteiger partial charge in [0.05, 0.1) is 13.2 Å². The Labute approximate surface area is 125 Å². The number of hydrogen-bond acceptors (Lipinski definition) is 3. The van der Waals surface area contributed by atoms with Crippen LogP contribution in [0.1, 0.15) is 19.8 Å². The Hall–Kier alpha value is -0.900. The smallest absolute Gasteiger partial charge is 0.0674 e. The molecule has 0 saturated carbocycles. The third-order valence-corrected chi connectivity index (χ3v) is 3.12. The van der Waals surface area contributed by atoms with Gasteiger partial charge in [0, 0.05) is 19.6 Å². The van der Waals surface area contributed by atoms with Crippen LogP contribution < -0.4 is 0 Å². The number of likely N-dealkylation sites (N-methyl/N-ethyl adjacent to an activating group) is 2. The molecule has 0 aliphatic rings. The van der Waals surface area contributed by atoms with Crippen LogP contribution in [-0.2, 0) is 4.74 Å². The summed E-state index contributed by atoms with van der Waals surface area (Å²) in [5.74, 6) is 0. The van der Waals surface area contributed by atoms with Crippen molar-refractivity contribution in [3.8, 4) is 0 Å². The molecule has 0 aromatic rings. The summed E-state index contributed by atoms with van der Waals surface area (Å²) < 4.78 is 5.69. The molecule has 0 saturated heterocycles. The van der Waals surface area contributed by atoms with Gasteiger partial charge in [0.25, 0.3) is 0 Å². The Bertz CT molecular complexity index is 308. The van der Waals surface area contributed by atoms with E-state index in [0.29, 0.717) is 0 Å². The van der Waals surface area contributed by atoms with E-state index in [4.69, 9.17) is 4.74 Å². The molecule has 20 heavy (non-hydrogen) atoms. The highest BCUT2D eigenvalue weighted by atomic mass is 16.5. The number of hydrogen-bond donors (Lipinski definition) is 0. The van der Waals surface area contributed by atoms with Crippen LogP contribution >= 0.6 is 0 Å². The molecule has 0 atom stereocenters. The van der Waals surface area contributed by atoms with Crippen molar-refractivity contribution in [1.29, 1.82) is 0 Å². The molecule has 0 fully saturated rings. The second-order valence-corrected chi connectivity index (χ2v) is 5.61. The van der Waals surface area contributed by atoms with Crippen molar-refractivity contribution >= 4 is 0 Å². The summed E-state index contributed by atoms with van der Waals surface area (Å²) in [4.78, 5) is 4.49. The van der Waals surface area contributed by atoms with Gasteiger partial charge in [-0.3, -0.25) is 0 Å². The van der Waals surface area contributed by atoms with Crippen LogP contribution in [0, 0.1) is 0 Å². The van der Waals surface area contributed by atoms with Crippen molar-refractivity contribution in [1.82, 2.24) is 9.80 Å². The van der Waals surface area contributed by atoms with Crippen LogP contribution in [-0.4, -0.2) is 63.8 Å². The standard InChI is InChI=1S/C17H32N2O/c1-7-16(2)9-8-10-17(3)15-20-14-13-19(6)12-11-18(4)5/h7,10H,1-2,8-9,11-15H2,3-6H3/b17-10+. The highest BCUT2D eigenvalue weighted by molar-refractivity contribution is 5.12. The first-order valence-corrected chi connectivity index (χ1v) is 7.32. The summed E-state index contributed by atoms with van der Waals surface area (Å²) in [5, 5.41) is 0. The van der Waals surface area contributed by atoms with Crippen molar-refractivity contribution in [2.24, 2.45) is 0 Å². The van der Waals surface area contributed by atoms with Crippen LogP contribution in [0.5, 0.6) is 0 Å². The third kappa shape index (κ3) is 12.2. The molecular formula is C17H32N2O. The summed E-state index contributed by atoms with van der Waals surface area (Å²) in [6, 6.07) is 0. The molecule has 0 unspecified atom stereocenters. The monoisotopic (exact) mass is 280 g/mol. The molecule has 0 heterocycles. The van der Waals surface area contributed by atoms with Crippen LogP contribution in [0.4, 0.5) is 0 Å². The number of allylic oxidation sites excluding steroid dienone is 3. The molecule has 0 rings (SSSR count). The van der Waals surface area contributed by atoms with E-state index >= 15 is 0 Å². The Morgan fingerprint density at radius 3 is 2.45 bits per heavy atom. The van der Waals surface area contributed by atoms with Gasteiger partial charge >= 0.3 is 0 Å². The van der Waals surface area contributed by atoms with Gasteiger partial charge in [-0.1, -0.05) is 36.5 Å². The van der Waals surface area contributed by atoms with E-state index < -0.39 is 0 Å². The van der Waals surface area contributed by atoms with Crippen LogP contribution in [0.25, 0.3) is 0 Å². The Morgan fingerprint density at radius 1 is 1.15 bits per heavy atom. The molecule has 0 spiro atoms. The first kappa shape index (κ1) is 19.1. The zero-order valence-electron chi connectivity index (χ0n) is 13.8. The summed E-state index contributed by atoms with van der Waals surface area (Å²) in [7, 11) is 6.33. The van der Waals surface area contributed by atoms with E-state index in [0.717, 1.165) is 51.3 Å². The van der Waals surface area contributed by atoms with Gasteiger partial charge in [-0.05, 0) is 40.9 Å². The van der Waals surface area contributed by atoms with Gasteiger partial charge in [-0.2, -0.15) is 0 Å². The second-order valence-electron chi connectivity index (χ2n) is 5.61. The van der Waals surface area contributed by atoms with E-state index in [1.165, 1.54) is 5.57 Å². The topological polar surface area (TPSA) is 15.7 Å². The number of nitrogens with zero attached hydrogens (tertiary/aromatic N) is 2. The molecule has 0 aliphatic carbocycles. The predicted octanol–water partition coefficient (Wildman–Crippen LogP) is 2.97. The molecule has 0 amide bonds. The molecule has 0 bridgehead atoms. The lowest BCUT2D eigenvalue weighted by molar-refractivity contribution is 0.126. The first-order valence-electron chi connectivity index (χ1n) is 7.32. The molecule has 3 heteroatoms. The highest BCUT2D eigenvalue weighted by Crippen LogP contribution is 2.06. The van der Waals surface area contributed by atoms with Crippen LogP contribution in [0.2, 0.25) is 0 Å². The third-order valence-electron chi connectivity index (χ3n) is 3.12. The minimum atomic E-state index is 0.724. The molecule has 0 N–H and O–H groups in total. The molecule has 3 nitrogen and oxygen atoms in total. The van der Waals surface area contributed by atoms with E-state index in [1.807, 2.05) is 6.08 Å².